The predicted molar refractivity (Wildman–Crippen MR) is 119 cm³/mol. The fourth-order valence-electron chi connectivity index (χ4n) is 4.50. The molecule has 0 fully saturated rings. The van der Waals surface area contributed by atoms with Gasteiger partial charge in [0.2, 0.25) is 0 Å². The van der Waals surface area contributed by atoms with Gasteiger partial charge in [0.15, 0.2) is 0 Å². The molecule has 0 saturated carbocycles. The first kappa shape index (κ1) is 20.2. The Kier molecular flexibility index (Phi) is 8.46. The lowest BCUT2D eigenvalue weighted by atomic mass is 9.99. The van der Waals surface area contributed by atoms with Crippen LogP contribution in [0.4, 0.5) is 0 Å². The van der Waals surface area contributed by atoms with Gasteiger partial charge in [0, 0.05) is 0 Å². The molecular weight excluding hydrogens is 324 g/mol. The highest BCUT2D eigenvalue weighted by molar-refractivity contribution is 5.77. The Morgan fingerprint density at radius 1 is 0.593 bits per heavy atom. The molecule has 0 N–H and O–H groups in total. The van der Waals surface area contributed by atoms with Gasteiger partial charge in [0.25, 0.3) is 0 Å². The molecular formula is C27H38. The van der Waals surface area contributed by atoms with E-state index >= 15 is 0 Å². The van der Waals surface area contributed by atoms with E-state index in [1.165, 1.54) is 111 Å². The van der Waals surface area contributed by atoms with Gasteiger partial charge in [-0.2, -0.15) is 0 Å². The van der Waals surface area contributed by atoms with Crippen molar-refractivity contribution in [3.05, 3.63) is 59.2 Å². The Balaban J connectivity index is 1.27. The summed E-state index contributed by atoms with van der Waals surface area (Å²) in [6, 6.07) is 16.1. The first-order chi connectivity index (χ1) is 13.4. The highest BCUT2D eigenvalue weighted by Gasteiger charge is 2.17. The minimum Gasteiger partial charge on any atom is -0.0654 e. The summed E-state index contributed by atoms with van der Waals surface area (Å²) in [4.78, 5) is 0. The van der Waals surface area contributed by atoms with Crippen LogP contribution in [0.1, 0.15) is 101 Å². The summed E-state index contributed by atoms with van der Waals surface area (Å²) in [5.41, 5.74) is 7.48. The first-order valence-electron chi connectivity index (χ1n) is 11.6. The van der Waals surface area contributed by atoms with Crippen LogP contribution in [-0.2, 0) is 12.8 Å². The van der Waals surface area contributed by atoms with E-state index in [9.17, 15) is 0 Å². The molecule has 27 heavy (non-hydrogen) atoms. The Labute approximate surface area is 167 Å². The number of fused-ring (bicyclic) bond motifs is 3. The molecule has 0 nitrogen and oxygen atoms in total. The summed E-state index contributed by atoms with van der Waals surface area (Å²) >= 11 is 0. The van der Waals surface area contributed by atoms with Crippen molar-refractivity contribution in [1.82, 2.24) is 0 Å². The summed E-state index contributed by atoms with van der Waals surface area (Å²) in [6.07, 6.45) is 19.5. The first-order valence-corrected chi connectivity index (χ1v) is 11.6. The van der Waals surface area contributed by atoms with Crippen molar-refractivity contribution in [3.8, 4) is 11.1 Å². The number of aryl methyl sites for hydroxylation is 1. The van der Waals surface area contributed by atoms with Crippen LogP contribution in [0.15, 0.2) is 42.5 Å². The summed E-state index contributed by atoms with van der Waals surface area (Å²) in [7, 11) is 0. The maximum absolute atomic E-state index is 2.46. The Morgan fingerprint density at radius 2 is 1.19 bits per heavy atom. The van der Waals surface area contributed by atoms with Crippen molar-refractivity contribution in [2.45, 2.75) is 96.8 Å². The highest BCUT2D eigenvalue weighted by atomic mass is 14.2. The molecule has 2 aromatic rings. The molecule has 0 bridgehead atoms. The van der Waals surface area contributed by atoms with Crippen LogP contribution < -0.4 is 0 Å². The van der Waals surface area contributed by atoms with E-state index < -0.39 is 0 Å². The SMILES string of the molecule is CCCCCCCCCCCCCCc1ccc2c(c1)-c1ccccc1C2. The normalized spacial score (nSPS) is 12.2. The van der Waals surface area contributed by atoms with Crippen molar-refractivity contribution in [3.63, 3.8) is 0 Å². The maximum Gasteiger partial charge on any atom is -0.00135 e. The molecule has 0 aliphatic heterocycles. The molecule has 0 heterocycles. The Bertz CT molecular complexity index is 682. The van der Waals surface area contributed by atoms with E-state index in [0.717, 1.165) is 6.42 Å². The third-order valence-corrected chi connectivity index (χ3v) is 6.18. The van der Waals surface area contributed by atoms with Gasteiger partial charge in [-0.15, -0.1) is 0 Å². The Morgan fingerprint density at radius 3 is 1.89 bits per heavy atom. The molecule has 0 radical (unpaired) electrons. The number of benzene rings is 2. The average Bonchev–Trinajstić information content (AvgIpc) is 3.07. The van der Waals surface area contributed by atoms with E-state index in [4.69, 9.17) is 0 Å². The molecule has 2 aromatic carbocycles. The quantitative estimate of drug-likeness (QED) is 0.267. The molecule has 0 amide bonds. The second-order valence-electron chi connectivity index (χ2n) is 8.46. The molecule has 0 unspecified atom stereocenters. The number of hydrogen-bond donors (Lipinski definition) is 0. The second kappa shape index (κ2) is 11.3. The lowest BCUT2D eigenvalue weighted by molar-refractivity contribution is 0.544. The summed E-state index contributed by atoms with van der Waals surface area (Å²) in [5.74, 6) is 0. The number of hydrogen-bond acceptors (Lipinski definition) is 0. The predicted octanol–water partition coefficient (Wildman–Crippen LogP) is 8.50. The van der Waals surface area contributed by atoms with Crippen LogP contribution >= 0.6 is 0 Å². The minimum atomic E-state index is 1.12. The fraction of sp³-hybridized carbons (Fsp3) is 0.556. The third kappa shape index (κ3) is 6.23. The molecule has 0 saturated heterocycles. The van der Waals surface area contributed by atoms with Crippen LogP contribution in [0, 0.1) is 0 Å². The highest BCUT2D eigenvalue weighted by Crippen LogP contribution is 2.37. The van der Waals surface area contributed by atoms with Gasteiger partial charge < -0.3 is 0 Å². The van der Waals surface area contributed by atoms with Crippen LogP contribution in [-0.4, -0.2) is 0 Å². The molecule has 0 aromatic heterocycles. The van der Waals surface area contributed by atoms with Gasteiger partial charge in [-0.25, -0.2) is 0 Å². The third-order valence-electron chi connectivity index (χ3n) is 6.18. The summed E-state index contributed by atoms with van der Waals surface area (Å²) < 4.78 is 0. The largest absolute Gasteiger partial charge is 0.0654 e. The van der Waals surface area contributed by atoms with Crippen molar-refractivity contribution in [2.75, 3.05) is 0 Å². The van der Waals surface area contributed by atoms with Gasteiger partial charge in [-0.1, -0.05) is 120 Å². The van der Waals surface area contributed by atoms with Crippen molar-refractivity contribution < 1.29 is 0 Å². The van der Waals surface area contributed by atoms with Gasteiger partial charge in [0.05, 0.1) is 0 Å². The minimum absolute atomic E-state index is 1.12. The second-order valence-corrected chi connectivity index (χ2v) is 8.46. The fourth-order valence-corrected chi connectivity index (χ4v) is 4.50. The molecule has 1 aliphatic carbocycles. The number of rotatable bonds is 13. The smallest absolute Gasteiger partial charge is 0.00135 e. The monoisotopic (exact) mass is 362 g/mol. The molecule has 3 rings (SSSR count). The van der Waals surface area contributed by atoms with Crippen molar-refractivity contribution in [2.24, 2.45) is 0 Å². The summed E-state index contributed by atoms with van der Waals surface area (Å²) in [5, 5.41) is 0. The average molecular weight is 363 g/mol. The zero-order valence-electron chi connectivity index (χ0n) is 17.4. The standard InChI is InChI=1S/C27H38/c1-2-3-4-5-6-7-8-9-10-11-12-13-16-23-19-20-25-22-24-17-14-15-18-26(24)27(25)21-23/h14-15,17-21H,2-13,16,22H2,1H3. The zero-order valence-corrected chi connectivity index (χ0v) is 17.4. The molecule has 0 spiro atoms. The van der Waals surface area contributed by atoms with Gasteiger partial charge in [-0.3, -0.25) is 0 Å². The van der Waals surface area contributed by atoms with Crippen molar-refractivity contribution in [1.29, 1.82) is 0 Å². The van der Waals surface area contributed by atoms with Crippen LogP contribution in [0.5, 0.6) is 0 Å². The maximum atomic E-state index is 2.46. The van der Waals surface area contributed by atoms with Crippen LogP contribution in [0.2, 0.25) is 0 Å². The Hall–Kier alpha value is -1.56. The van der Waals surface area contributed by atoms with Gasteiger partial charge in [0.1, 0.15) is 0 Å². The van der Waals surface area contributed by atoms with Crippen LogP contribution in [0.25, 0.3) is 11.1 Å². The van der Waals surface area contributed by atoms with E-state index in [2.05, 4.69) is 49.4 Å². The van der Waals surface area contributed by atoms with Gasteiger partial charge >= 0.3 is 0 Å². The molecule has 0 atom stereocenters. The van der Waals surface area contributed by atoms with Gasteiger partial charge in [-0.05, 0) is 47.1 Å². The zero-order chi connectivity index (χ0) is 18.7. The molecule has 0 heteroatoms. The lowest BCUT2D eigenvalue weighted by Crippen LogP contribution is -1.89. The topological polar surface area (TPSA) is 0 Å². The number of unbranched alkanes of at least 4 members (excludes halogenated alkanes) is 11. The lowest BCUT2D eigenvalue weighted by Gasteiger charge is -2.06. The van der Waals surface area contributed by atoms with E-state index in [1.807, 2.05) is 0 Å². The van der Waals surface area contributed by atoms with Crippen LogP contribution in [0.3, 0.4) is 0 Å². The molecule has 146 valence electrons. The molecule has 1 aliphatic rings. The van der Waals surface area contributed by atoms with E-state index in [-0.39, 0.29) is 0 Å². The van der Waals surface area contributed by atoms with Crippen molar-refractivity contribution >= 4 is 0 Å². The van der Waals surface area contributed by atoms with E-state index in [1.54, 1.807) is 0 Å². The summed E-state index contributed by atoms with van der Waals surface area (Å²) in [6.45, 7) is 2.29. The van der Waals surface area contributed by atoms with E-state index in [0.29, 0.717) is 0 Å².